The van der Waals surface area contributed by atoms with Gasteiger partial charge in [-0.15, -0.1) is 0 Å². The van der Waals surface area contributed by atoms with Crippen LogP contribution in [-0.4, -0.2) is 40.6 Å². The Bertz CT molecular complexity index is 816. The largest absolute Gasteiger partial charge is 0.478 e. The lowest BCUT2D eigenvalue weighted by Gasteiger charge is -2.05. The van der Waals surface area contributed by atoms with Crippen LogP contribution in [0.1, 0.15) is 17.3 Å². The van der Waals surface area contributed by atoms with E-state index in [1.165, 1.54) is 19.1 Å². The zero-order valence-electron chi connectivity index (χ0n) is 10.8. The number of carboxylic acids is 1. The monoisotopic (exact) mass is 298 g/mol. The fourth-order valence-electron chi connectivity index (χ4n) is 1.98. The highest BCUT2D eigenvalue weighted by atomic mass is 32.2. The molecule has 108 valence electrons. The summed E-state index contributed by atoms with van der Waals surface area (Å²) in [6.07, 6.45) is 0. The summed E-state index contributed by atoms with van der Waals surface area (Å²) < 4.78 is 24.2. The number of benzene rings is 1. The summed E-state index contributed by atoms with van der Waals surface area (Å²) in [5.41, 5.74) is 0.0508. The van der Waals surface area contributed by atoms with Gasteiger partial charge in [-0.3, -0.25) is 4.57 Å². The molecule has 1 aromatic heterocycles. The van der Waals surface area contributed by atoms with Crippen LogP contribution in [0.2, 0.25) is 0 Å². The predicted molar refractivity (Wildman–Crippen MR) is 73.8 cm³/mol. The van der Waals surface area contributed by atoms with E-state index in [2.05, 4.69) is 4.98 Å². The van der Waals surface area contributed by atoms with E-state index >= 15 is 0 Å². The van der Waals surface area contributed by atoms with Gasteiger partial charge in [0.25, 0.3) is 0 Å². The van der Waals surface area contributed by atoms with Crippen LogP contribution in [-0.2, 0) is 16.4 Å². The van der Waals surface area contributed by atoms with Crippen molar-refractivity contribution in [2.24, 2.45) is 0 Å². The molecule has 2 N–H and O–H groups in total. The lowest BCUT2D eigenvalue weighted by molar-refractivity contribution is 0.0698. The number of carboxylic acid groups (broad SMARTS) is 1. The number of aromatic carboxylic acids is 1. The van der Waals surface area contributed by atoms with Gasteiger partial charge in [0.2, 0.25) is 0 Å². The van der Waals surface area contributed by atoms with Gasteiger partial charge in [0.05, 0.1) is 22.3 Å². The Hall–Kier alpha value is -2.09. The first-order chi connectivity index (χ1) is 9.35. The molecule has 0 fully saturated rings. The maximum absolute atomic E-state index is 11.8. The molecule has 0 aliphatic heterocycles. The molecule has 0 spiro atoms. The van der Waals surface area contributed by atoms with E-state index in [-0.39, 0.29) is 29.1 Å². The molecule has 0 bridgehead atoms. The Morgan fingerprint density at radius 2 is 2.10 bits per heavy atom. The maximum Gasteiger partial charge on any atom is 0.337 e. The number of sulfone groups is 1. The average Bonchev–Trinajstić information content (AvgIpc) is 2.71. The Labute approximate surface area is 114 Å². The third kappa shape index (κ3) is 2.60. The first-order valence-corrected chi connectivity index (χ1v) is 7.83. The number of aromatic nitrogens is 2. The van der Waals surface area contributed by atoms with E-state index in [0.29, 0.717) is 5.52 Å². The number of carbonyl (C=O) groups is 1. The molecule has 2 aromatic rings. The van der Waals surface area contributed by atoms with Gasteiger partial charge < -0.3 is 10.1 Å². The van der Waals surface area contributed by atoms with Gasteiger partial charge in [0, 0.05) is 12.3 Å². The summed E-state index contributed by atoms with van der Waals surface area (Å²) in [4.78, 5) is 25.6. The van der Waals surface area contributed by atoms with E-state index in [9.17, 15) is 18.0 Å². The summed E-state index contributed by atoms with van der Waals surface area (Å²) in [6, 6.07) is 4.48. The Balaban J connectivity index is 2.55. The minimum absolute atomic E-state index is 0.0180. The Kier molecular flexibility index (Phi) is 3.67. The number of nitrogens with zero attached hydrogens (tertiary/aromatic N) is 1. The molecule has 0 unspecified atom stereocenters. The smallest absolute Gasteiger partial charge is 0.337 e. The molecule has 0 amide bonds. The van der Waals surface area contributed by atoms with Crippen LogP contribution >= 0.6 is 0 Å². The van der Waals surface area contributed by atoms with Crippen LogP contribution in [0.15, 0.2) is 23.0 Å². The van der Waals surface area contributed by atoms with E-state index in [0.717, 1.165) is 4.57 Å². The second-order valence-electron chi connectivity index (χ2n) is 4.33. The summed E-state index contributed by atoms with van der Waals surface area (Å²) in [7, 11) is -3.24. The Morgan fingerprint density at radius 1 is 1.40 bits per heavy atom. The highest BCUT2D eigenvalue weighted by Crippen LogP contribution is 2.16. The highest BCUT2D eigenvalue weighted by Gasteiger charge is 2.17. The SMILES string of the molecule is CCS(=O)(=O)CCn1c(=O)[nH]c2cccc(C(=O)O)c21. The summed E-state index contributed by atoms with van der Waals surface area (Å²) in [5.74, 6) is -1.39. The molecule has 0 saturated heterocycles. The van der Waals surface area contributed by atoms with Crippen LogP contribution < -0.4 is 5.69 Å². The van der Waals surface area contributed by atoms with Crippen molar-refractivity contribution in [3.8, 4) is 0 Å². The van der Waals surface area contributed by atoms with Gasteiger partial charge in [-0.25, -0.2) is 18.0 Å². The van der Waals surface area contributed by atoms with Gasteiger partial charge >= 0.3 is 11.7 Å². The van der Waals surface area contributed by atoms with E-state index in [1.54, 1.807) is 6.07 Å². The van der Waals surface area contributed by atoms with Crippen LogP contribution in [0.5, 0.6) is 0 Å². The number of aromatic amines is 1. The molecule has 0 atom stereocenters. The van der Waals surface area contributed by atoms with Gasteiger partial charge in [0.1, 0.15) is 0 Å². The number of aryl methyl sites for hydroxylation is 1. The zero-order valence-corrected chi connectivity index (χ0v) is 11.6. The van der Waals surface area contributed by atoms with E-state index in [1.807, 2.05) is 0 Å². The lowest BCUT2D eigenvalue weighted by Crippen LogP contribution is -2.23. The molecule has 7 nitrogen and oxygen atoms in total. The van der Waals surface area contributed by atoms with Crippen molar-refractivity contribution in [2.45, 2.75) is 13.5 Å². The second-order valence-corrected chi connectivity index (χ2v) is 6.80. The molecule has 8 heteroatoms. The maximum atomic E-state index is 11.8. The number of fused-ring (bicyclic) bond motifs is 1. The molecule has 1 aromatic carbocycles. The lowest BCUT2D eigenvalue weighted by atomic mass is 10.2. The Morgan fingerprint density at radius 3 is 2.70 bits per heavy atom. The first-order valence-electron chi connectivity index (χ1n) is 6.01. The molecular weight excluding hydrogens is 284 g/mol. The van der Waals surface area contributed by atoms with Crippen molar-refractivity contribution in [1.82, 2.24) is 9.55 Å². The second kappa shape index (κ2) is 5.12. The van der Waals surface area contributed by atoms with Crippen LogP contribution in [0.4, 0.5) is 0 Å². The van der Waals surface area contributed by atoms with Crippen molar-refractivity contribution in [1.29, 1.82) is 0 Å². The number of rotatable bonds is 5. The quantitative estimate of drug-likeness (QED) is 0.833. The van der Waals surface area contributed by atoms with Gasteiger partial charge in [-0.05, 0) is 12.1 Å². The van der Waals surface area contributed by atoms with Gasteiger partial charge in [-0.1, -0.05) is 13.0 Å². The minimum Gasteiger partial charge on any atom is -0.478 e. The van der Waals surface area contributed by atoms with Crippen LogP contribution in [0.3, 0.4) is 0 Å². The normalized spacial score (nSPS) is 11.8. The zero-order chi connectivity index (χ0) is 14.9. The highest BCUT2D eigenvalue weighted by molar-refractivity contribution is 7.91. The third-order valence-corrected chi connectivity index (χ3v) is 4.77. The molecule has 1 heterocycles. The number of H-pyrrole nitrogens is 1. The van der Waals surface area contributed by atoms with Crippen LogP contribution in [0, 0.1) is 0 Å². The van der Waals surface area contributed by atoms with E-state index < -0.39 is 21.5 Å². The first kappa shape index (κ1) is 14.3. The molecule has 0 radical (unpaired) electrons. The number of hydrogen-bond donors (Lipinski definition) is 2. The van der Waals surface area contributed by atoms with Crippen molar-refractivity contribution >= 4 is 26.8 Å². The van der Waals surface area contributed by atoms with Crippen molar-refractivity contribution < 1.29 is 18.3 Å². The molecule has 0 saturated carbocycles. The fraction of sp³-hybridized carbons (Fsp3) is 0.333. The molecule has 0 aliphatic rings. The van der Waals surface area contributed by atoms with Crippen LogP contribution in [0.25, 0.3) is 11.0 Å². The van der Waals surface area contributed by atoms with Crippen molar-refractivity contribution in [3.63, 3.8) is 0 Å². The molecule has 20 heavy (non-hydrogen) atoms. The summed E-state index contributed by atoms with van der Waals surface area (Å²) in [5, 5.41) is 9.14. The fourth-order valence-corrected chi connectivity index (χ4v) is 2.73. The molecule has 0 aliphatic carbocycles. The topological polar surface area (TPSA) is 109 Å². The van der Waals surface area contributed by atoms with E-state index in [4.69, 9.17) is 5.11 Å². The van der Waals surface area contributed by atoms with Gasteiger partial charge in [-0.2, -0.15) is 0 Å². The third-order valence-electron chi connectivity index (χ3n) is 3.09. The summed E-state index contributed by atoms with van der Waals surface area (Å²) >= 11 is 0. The number of para-hydroxylation sites is 1. The van der Waals surface area contributed by atoms with Crippen molar-refractivity contribution in [3.05, 3.63) is 34.2 Å². The number of hydrogen-bond acceptors (Lipinski definition) is 4. The number of imidazole rings is 1. The number of nitrogens with one attached hydrogen (secondary N) is 1. The van der Waals surface area contributed by atoms with Crippen molar-refractivity contribution in [2.75, 3.05) is 11.5 Å². The standard InChI is InChI=1S/C12H14N2O5S/c1-2-20(18,19)7-6-14-10-8(11(15)16)4-3-5-9(10)13-12(14)17/h3-5H,2,6-7H2,1H3,(H,13,17)(H,15,16). The predicted octanol–water partition coefficient (Wildman–Crippen LogP) is 0.462. The minimum atomic E-state index is -3.24. The molecule has 2 rings (SSSR count). The average molecular weight is 298 g/mol. The van der Waals surface area contributed by atoms with Gasteiger partial charge in [0.15, 0.2) is 9.84 Å². The summed E-state index contributed by atoms with van der Waals surface area (Å²) in [6.45, 7) is 1.45. The molecular formula is C12H14N2O5S.